The molecule has 0 unspecified atom stereocenters. The van der Waals surface area contributed by atoms with Crippen molar-refractivity contribution in [1.82, 2.24) is 20.6 Å². The van der Waals surface area contributed by atoms with Gasteiger partial charge in [0.15, 0.2) is 5.16 Å². The van der Waals surface area contributed by atoms with E-state index in [1.807, 2.05) is 0 Å². The number of H-pyrrole nitrogens is 1. The number of amides is 3. The smallest absolute Gasteiger partial charge is 0.321 e. The Labute approximate surface area is 101 Å². The lowest BCUT2D eigenvalue weighted by molar-refractivity contribution is -0.119. The number of imide groups is 1. The molecule has 0 bridgehead atoms. The number of carbonyl (C=O) groups excluding carboxylic acids is 2. The standard InChI is InChI=1S/C9H12N4O3S/c1-5(7(15)13-8(16)10-2)17-9-11-4-3-6(14)12-9/h3-5H,1-2H3,(H,11,12,14)(H2,10,13,15,16)/t5-/m1/s1. The van der Waals surface area contributed by atoms with Crippen LogP contribution in [0, 0.1) is 0 Å². The van der Waals surface area contributed by atoms with Gasteiger partial charge in [-0.3, -0.25) is 14.9 Å². The van der Waals surface area contributed by atoms with Crippen molar-refractivity contribution in [2.24, 2.45) is 0 Å². The van der Waals surface area contributed by atoms with E-state index in [0.717, 1.165) is 11.8 Å². The van der Waals surface area contributed by atoms with Crippen LogP contribution in [-0.4, -0.2) is 34.2 Å². The van der Waals surface area contributed by atoms with Crippen LogP contribution in [0.1, 0.15) is 6.92 Å². The Kier molecular flexibility index (Phi) is 4.70. The van der Waals surface area contributed by atoms with Crippen LogP contribution >= 0.6 is 11.8 Å². The Morgan fingerprint density at radius 2 is 2.24 bits per heavy atom. The molecule has 8 heteroatoms. The van der Waals surface area contributed by atoms with Crippen LogP contribution < -0.4 is 16.2 Å². The molecule has 0 aliphatic rings. The first-order chi connectivity index (χ1) is 8.02. The molecule has 0 spiro atoms. The first-order valence-corrected chi connectivity index (χ1v) is 5.65. The summed E-state index contributed by atoms with van der Waals surface area (Å²) in [5.41, 5.74) is -0.290. The molecule has 17 heavy (non-hydrogen) atoms. The van der Waals surface area contributed by atoms with Crippen LogP contribution in [0.25, 0.3) is 0 Å². The molecule has 0 fully saturated rings. The van der Waals surface area contributed by atoms with E-state index in [-0.39, 0.29) is 5.56 Å². The average molecular weight is 256 g/mol. The van der Waals surface area contributed by atoms with Gasteiger partial charge in [-0.2, -0.15) is 0 Å². The molecule has 0 aliphatic carbocycles. The fourth-order valence-electron chi connectivity index (χ4n) is 0.909. The fourth-order valence-corrected chi connectivity index (χ4v) is 1.69. The second-order valence-corrected chi connectivity index (χ2v) is 4.40. The second-order valence-electron chi connectivity index (χ2n) is 3.07. The van der Waals surface area contributed by atoms with Crippen molar-refractivity contribution in [3.63, 3.8) is 0 Å². The third kappa shape index (κ3) is 4.27. The largest absolute Gasteiger partial charge is 0.341 e. The SMILES string of the molecule is CNC(=O)NC(=O)[C@@H](C)Sc1nccc(=O)[nH]1. The lowest BCUT2D eigenvalue weighted by Crippen LogP contribution is -2.41. The average Bonchev–Trinajstić information content (AvgIpc) is 2.28. The maximum atomic E-state index is 11.5. The van der Waals surface area contributed by atoms with Crippen molar-refractivity contribution < 1.29 is 9.59 Å². The number of rotatable bonds is 3. The summed E-state index contributed by atoms with van der Waals surface area (Å²) in [4.78, 5) is 39.8. The Morgan fingerprint density at radius 1 is 1.53 bits per heavy atom. The van der Waals surface area contributed by atoms with Crippen molar-refractivity contribution >= 4 is 23.7 Å². The normalized spacial score (nSPS) is 11.6. The maximum Gasteiger partial charge on any atom is 0.321 e. The zero-order valence-corrected chi connectivity index (χ0v) is 10.1. The summed E-state index contributed by atoms with van der Waals surface area (Å²) in [6.07, 6.45) is 1.35. The first kappa shape index (κ1) is 13.2. The number of hydrogen-bond acceptors (Lipinski definition) is 5. The van der Waals surface area contributed by atoms with Crippen molar-refractivity contribution in [2.75, 3.05) is 7.05 Å². The number of nitrogens with zero attached hydrogens (tertiary/aromatic N) is 1. The second kappa shape index (κ2) is 6.04. The number of urea groups is 1. The van der Waals surface area contributed by atoms with Crippen molar-refractivity contribution in [2.45, 2.75) is 17.3 Å². The monoisotopic (exact) mass is 256 g/mol. The molecule has 1 aromatic rings. The molecular formula is C9H12N4O3S. The maximum absolute atomic E-state index is 11.5. The lowest BCUT2D eigenvalue weighted by Gasteiger charge is -2.09. The van der Waals surface area contributed by atoms with E-state index in [0.29, 0.717) is 5.16 Å². The predicted molar refractivity (Wildman–Crippen MR) is 62.8 cm³/mol. The highest BCUT2D eigenvalue weighted by Crippen LogP contribution is 2.17. The Hall–Kier alpha value is -1.83. The van der Waals surface area contributed by atoms with Crippen molar-refractivity contribution in [3.8, 4) is 0 Å². The van der Waals surface area contributed by atoms with Gasteiger partial charge in [0.1, 0.15) is 0 Å². The van der Waals surface area contributed by atoms with Gasteiger partial charge in [0.2, 0.25) is 5.91 Å². The summed E-state index contributed by atoms with van der Waals surface area (Å²) in [7, 11) is 1.41. The lowest BCUT2D eigenvalue weighted by atomic mass is 10.4. The fraction of sp³-hybridized carbons (Fsp3) is 0.333. The molecular weight excluding hydrogens is 244 g/mol. The third-order valence-electron chi connectivity index (χ3n) is 1.77. The quantitative estimate of drug-likeness (QED) is 0.509. The van der Waals surface area contributed by atoms with Crippen LogP contribution in [0.5, 0.6) is 0 Å². The molecule has 0 saturated heterocycles. The molecule has 3 N–H and O–H groups in total. The number of hydrogen-bond donors (Lipinski definition) is 3. The number of nitrogens with one attached hydrogen (secondary N) is 3. The van der Waals surface area contributed by atoms with Crippen LogP contribution in [-0.2, 0) is 4.79 Å². The van der Waals surface area contributed by atoms with E-state index in [9.17, 15) is 14.4 Å². The zero-order valence-electron chi connectivity index (χ0n) is 9.31. The summed E-state index contributed by atoms with van der Waals surface area (Å²) in [6, 6.07) is 0.705. The third-order valence-corrected chi connectivity index (χ3v) is 2.77. The highest BCUT2D eigenvalue weighted by Gasteiger charge is 2.17. The van der Waals surface area contributed by atoms with Gasteiger partial charge in [-0.25, -0.2) is 9.78 Å². The van der Waals surface area contributed by atoms with Gasteiger partial charge in [0, 0.05) is 19.3 Å². The molecule has 1 rings (SSSR count). The van der Waals surface area contributed by atoms with Gasteiger partial charge in [-0.05, 0) is 6.92 Å². The van der Waals surface area contributed by atoms with Gasteiger partial charge < -0.3 is 10.3 Å². The molecule has 7 nitrogen and oxygen atoms in total. The van der Waals surface area contributed by atoms with E-state index in [4.69, 9.17) is 0 Å². The number of thioether (sulfide) groups is 1. The van der Waals surface area contributed by atoms with Gasteiger partial charge in [0.05, 0.1) is 5.25 Å². The molecule has 92 valence electrons. The minimum atomic E-state index is -0.572. The van der Waals surface area contributed by atoms with E-state index in [1.54, 1.807) is 6.92 Å². The van der Waals surface area contributed by atoms with E-state index >= 15 is 0 Å². The van der Waals surface area contributed by atoms with E-state index in [2.05, 4.69) is 20.6 Å². The van der Waals surface area contributed by atoms with Gasteiger partial charge in [-0.15, -0.1) is 0 Å². The first-order valence-electron chi connectivity index (χ1n) is 4.77. The predicted octanol–water partition coefficient (Wildman–Crippen LogP) is -0.294. The summed E-state index contributed by atoms with van der Waals surface area (Å²) in [6.45, 7) is 1.61. The number of carbonyl (C=O) groups is 2. The summed E-state index contributed by atoms with van der Waals surface area (Å²) in [5, 5.41) is 4.19. The Morgan fingerprint density at radius 3 is 2.82 bits per heavy atom. The molecule has 3 amide bonds. The highest BCUT2D eigenvalue weighted by atomic mass is 32.2. The summed E-state index contributed by atoms with van der Waals surface area (Å²) < 4.78 is 0. The topological polar surface area (TPSA) is 104 Å². The van der Waals surface area contributed by atoms with Crippen LogP contribution in [0.3, 0.4) is 0 Å². The molecule has 0 aliphatic heterocycles. The van der Waals surface area contributed by atoms with Gasteiger partial charge >= 0.3 is 6.03 Å². The summed E-state index contributed by atoms with van der Waals surface area (Å²) >= 11 is 1.06. The molecule has 1 heterocycles. The van der Waals surface area contributed by atoms with Crippen LogP contribution in [0.4, 0.5) is 4.79 Å². The number of aromatic nitrogens is 2. The number of aromatic amines is 1. The van der Waals surface area contributed by atoms with E-state index < -0.39 is 17.2 Å². The molecule has 0 saturated carbocycles. The molecule has 1 aromatic heterocycles. The van der Waals surface area contributed by atoms with E-state index in [1.165, 1.54) is 19.3 Å². The molecule has 0 radical (unpaired) electrons. The Bertz CT molecular complexity index is 473. The summed E-state index contributed by atoms with van der Waals surface area (Å²) in [5.74, 6) is -0.458. The van der Waals surface area contributed by atoms with Gasteiger partial charge in [-0.1, -0.05) is 11.8 Å². The van der Waals surface area contributed by atoms with Gasteiger partial charge in [0.25, 0.3) is 5.56 Å². The van der Waals surface area contributed by atoms with Crippen LogP contribution in [0.2, 0.25) is 0 Å². The highest BCUT2D eigenvalue weighted by molar-refractivity contribution is 8.00. The Balaban J connectivity index is 2.60. The zero-order chi connectivity index (χ0) is 12.8. The molecule has 1 atom stereocenters. The van der Waals surface area contributed by atoms with Crippen molar-refractivity contribution in [3.05, 3.63) is 22.6 Å². The minimum absolute atomic E-state index is 0.290. The van der Waals surface area contributed by atoms with Crippen LogP contribution in [0.15, 0.2) is 22.2 Å². The minimum Gasteiger partial charge on any atom is -0.341 e. The molecule has 0 aromatic carbocycles. The van der Waals surface area contributed by atoms with Crippen molar-refractivity contribution in [1.29, 1.82) is 0 Å².